The zero-order valence-corrected chi connectivity index (χ0v) is 5.07. The van der Waals surface area contributed by atoms with E-state index >= 15 is 0 Å². The molecule has 1 N–H and O–H groups in total. The van der Waals surface area contributed by atoms with Crippen LogP contribution in [0.2, 0.25) is 0 Å². The lowest BCUT2D eigenvalue weighted by molar-refractivity contribution is -0.154. The van der Waals surface area contributed by atoms with Crippen molar-refractivity contribution >= 4 is 5.91 Å². The second-order valence-electron chi connectivity index (χ2n) is 1.52. The third-order valence-corrected chi connectivity index (χ3v) is 0.593. The van der Waals surface area contributed by atoms with Crippen molar-refractivity contribution in [1.82, 2.24) is 5.48 Å². The lowest BCUT2D eigenvalue weighted by Crippen LogP contribution is -2.36. The number of hydrogen-bond acceptors (Lipinski definition) is 2. The standard InChI is InChI=1S/C4H7F2NO2/c1-4(5,6)3(8)7-9-2/h1-2H3,(H,7,8). The number of alkyl halides is 2. The molecule has 9 heavy (non-hydrogen) atoms. The smallest absolute Gasteiger partial charge is 0.277 e. The van der Waals surface area contributed by atoms with Gasteiger partial charge in [-0.2, -0.15) is 8.78 Å². The van der Waals surface area contributed by atoms with Crippen molar-refractivity contribution in [2.75, 3.05) is 7.11 Å². The Morgan fingerprint density at radius 1 is 1.67 bits per heavy atom. The van der Waals surface area contributed by atoms with Gasteiger partial charge in [0.15, 0.2) is 0 Å². The van der Waals surface area contributed by atoms with Crippen LogP contribution in [0.4, 0.5) is 8.78 Å². The predicted octanol–water partition coefficient (Wildman–Crippen LogP) is 0.319. The molecule has 5 heteroatoms. The van der Waals surface area contributed by atoms with E-state index in [-0.39, 0.29) is 0 Å². The van der Waals surface area contributed by atoms with Gasteiger partial charge in [-0.25, -0.2) is 5.48 Å². The van der Waals surface area contributed by atoms with Crippen molar-refractivity contribution in [2.24, 2.45) is 0 Å². The Bertz CT molecular complexity index is 110. The van der Waals surface area contributed by atoms with E-state index in [4.69, 9.17) is 0 Å². The first-order valence-corrected chi connectivity index (χ1v) is 2.19. The highest BCUT2D eigenvalue weighted by Gasteiger charge is 2.31. The molecule has 54 valence electrons. The van der Waals surface area contributed by atoms with Gasteiger partial charge in [0.2, 0.25) is 0 Å². The summed E-state index contributed by atoms with van der Waals surface area (Å²) in [4.78, 5) is 14.0. The zero-order chi connectivity index (χ0) is 7.49. The van der Waals surface area contributed by atoms with Crippen LogP contribution in [0, 0.1) is 0 Å². The molecular weight excluding hydrogens is 132 g/mol. The van der Waals surface area contributed by atoms with Gasteiger partial charge in [-0.15, -0.1) is 0 Å². The van der Waals surface area contributed by atoms with Crippen LogP contribution in [0.1, 0.15) is 6.92 Å². The van der Waals surface area contributed by atoms with E-state index in [2.05, 4.69) is 4.84 Å². The molecule has 0 rings (SSSR count). The Labute approximate surface area is 50.9 Å². The van der Waals surface area contributed by atoms with Gasteiger partial charge < -0.3 is 0 Å². The summed E-state index contributed by atoms with van der Waals surface area (Å²) in [5.41, 5.74) is 1.50. The van der Waals surface area contributed by atoms with Gasteiger partial charge in [0.25, 0.3) is 0 Å². The van der Waals surface area contributed by atoms with Crippen LogP contribution < -0.4 is 5.48 Å². The molecule has 0 aromatic carbocycles. The van der Waals surface area contributed by atoms with Gasteiger partial charge in [-0.1, -0.05) is 0 Å². The van der Waals surface area contributed by atoms with E-state index in [0.29, 0.717) is 6.92 Å². The van der Waals surface area contributed by atoms with Crippen molar-refractivity contribution in [3.05, 3.63) is 0 Å². The fourth-order valence-corrected chi connectivity index (χ4v) is 0.182. The van der Waals surface area contributed by atoms with Crippen LogP contribution >= 0.6 is 0 Å². The van der Waals surface area contributed by atoms with Crippen molar-refractivity contribution in [1.29, 1.82) is 0 Å². The van der Waals surface area contributed by atoms with E-state index in [1.807, 2.05) is 0 Å². The molecule has 0 aliphatic heterocycles. The molecule has 0 fully saturated rings. The van der Waals surface area contributed by atoms with E-state index < -0.39 is 11.8 Å². The number of carbonyl (C=O) groups is 1. The second kappa shape index (κ2) is 2.72. The van der Waals surface area contributed by atoms with Crippen LogP contribution in [0.15, 0.2) is 0 Å². The Morgan fingerprint density at radius 2 is 2.11 bits per heavy atom. The summed E-state index contributed by atoms with van der Waals surface area (Å²) >= 11 is 0. The molecule has 0 unspecified atom stereocenters. The number of hydroxylamine groups is 1. The fourth-order valence-electron chi connectivity index (χ4n) is 0.182. The third-order valence-electron chi connectivity index (χ3n) is 0.593. The molecule has 0 saturated carbocycles. The van der Waals surface area contributed by atoms with Crippen LogP contribution in [-0.4, -0.2) is 18.9 Å². The van der Waals surface area contributed by atoms with Crippen molar-refractivity contribution in [3.63, 3.8) is 0 Å². The minimum Gasteiger partial charge on any atom is -0.277 e. The number of amides is 1. The first-order valence-electron chi connectivity index (χ1n) is 2.19. The zero-order valence-electron chi connectivity index (χ0n) is 5.07. The maximum atomic E-state index is 11.8. The van der Waals surface area contributed by atoms with Crippen LogP contribution in [0.5, 0.6) is 0 Å². The quantitative estimate of drug-likeness (QED) is 0.559. The summed E-state index contributed by atoms with van der Waals surface area (Å²) < 4.78 is 23.6. The lowest BCUT2D eigenvalue weighted by Gasteiger charge is -2.07. The molecule has 1 amide bonds. The predicted molar refractivity (Wildman–Crippen MR) is 25.8 cm³/mol. The maximum Gasteiger partial charge on any atom is 0.324 e. The van der Waals surface area contributed by atoms with E-state index in [9.17, 15) is 13.6 Å². The largest absolute Gasteiger partial charge is 0.324 e. The Morgan fingerprint density at radius 3 is 2.22 bits per heavy atom. The minimum atomic E-state index is -3.37. The number of hydrogen-bond donors (Lipinski definition) is 1. The SMILES string of the molecule is CONC(=O)C(C)(F)F. The molecule has 0 aromatic rings. The first kappa shape index (κ1) is 8.29. The Balaban J connectivity index is 3.74. The summed E-state index contributed by atoms with van der Waals surface area (Å²) in [7, 11) is 1.09. The number of nitrogens with one attached hydrogen (secondary N) is 1. The van der Waals surface area contributed by atoms with E-state index in [1.165, 1.54) is 5.48 Å². The summed E-state index contributed by atoms with van der Waals surface area (Å²) in [5.74, 6) is -4.80. The van der Waals surface area contributed by atoms with E-state index in [1.54, 1.807) is 0 Å². The molecular formula is C4H7F2NO2. The summed E-state index contributed by atoms with van der Waals surface area (Å²) in [6.45, 7) is 0.487. The van der Waals surface area contributed by atoms with Gasteiger partial charge in [0.05, 0.1) is 7.11 Å². The van der Waals surface area contributed by atoms with Gasteiger partial charge in [-0.05, 0) is 0 Å². The molecule has 0 aromatic heterocycles. The van der Waals surface area contributed by atoms with Gasteiger partial charge in [0, 0.05) is 6.92 Å². The van der Waals surface area contributed by atoms with Crippen molar-refractivity contribution in [2.45, 2.75) is 12.8 Å². The molecule has 0 heterocycles. The first-order chi connectivity index (χ1) is 3.98. The third kappa shape index (κ3) is 2.97. The van der Waals surface area contributed by atoms with Gasteiger partial charge in [-0.3, -0.25) is 9.63 Å². The fraction of sp³-hybridized carbons (Fsp3) is 0.750. The van der Waals surface area contributed by atoms with Crippen LogP contribution in [0.3, 0.4) is 0 Å². The maximum absolute atomic E-state index is 11.8. The minimum absolute atomic E-state index is 0.487. The summed E-state index contributed by atoms with van der Waals surface area (Å²) in [6.07, 6.45) is 0. The average Bonchev–Trinajstić information content (AvgIpc) is 1.64. The molecule has 3 nitrogen and oxygen atoms in total. The number of carbonyl (C=O) groups excluding carboxylic acids is 1. The number of halogens is 2. The molecule has 0 spiro atoms. The van der Waals surface area contributed by atoms with Gasteiger partial charge in [0.1, 0.15) is 0 Å². The lowest BCUT2D eigenvalue weighted by atomic mass is 10.4. The normalized spacial score (nSPS) is 11.1. The monoisotopic (exact) mass is 139 g/mol. The average molecular weight is 139 g/mol. The second-order valence-corrected chi connectivity index (χ2v) is 1.52. The highest BCUT2D eigenvalue weighted by atomic mass is 19.3. The number of rotatable bonds is 2. The molecule has 0 aliphatic rings. The van der Waals surface area contributed by atoms with E-state index in [0.717, 1.165) is 7.11 Å². The highest BCUT2D eigenvalue weighted by molar-refractivity contribution is 5.81. The molecule has 0 bridgehead atoms. The van der Waals surface area contributed by atoms with Gasteiger partial charge >= 0.3 is 11.8 Å². The topological polar surface area (TPSA) is 38.3 Å². The molecule has 0 radical (unpaired) electrons. The Kier molecular flexibility index (Phi) is 2.51. The van der Waals surface area contributed by atoms with Crippen LogP contribution in [0.25, 0.3) is 0 Å². The van der Waals surface area contributed by atoms with Crippen molar-refractivity contribution in [3.8, 4) is 0 Å². The molecule has 0 aliphatic carbocycles. The summed E-state index contributed by atoms with van der Waals surface area (Å²) in [6, 6.07) is 0. The molecule has 0 atom stereocenters. The Hall–Kier alpha value is -0.710. The van der Waals surface area contributed by atoms with Crippen LogP contribution in [-0.2, 0) is 9.63 Å². The summed E-state index contributed by atoms with van der Waals surface area (Å²) in [5, 5.41) is 0. The van der Waals surface area contributed by atoms with Crippen molar-refractivity contribution < 1.29 is 18.4 Å². The highest BCUT2D eigenvalue weighted by Crippen LogP contribution is 2.10. The molecule has 0 saturated heterocycles.